The second kappa shape index (κ2) is 3.97. The van der Waals surface area contributed by atoms with E-state index in [1.807, 2.05) is 6.92 Å². The zero-order valence-corrected chi connectivity index (χ0v) is 7.17. The highest BCUT2D eigenvalue weighted by Crippen LogP contribution is 2.06. The lowest BCUT2D eigenvalue weighted by molar-refractivity contribution is 1.14. The minimum atomic E-state index is 1.12. The van der Waals surface area contributed by atoms with E-state index in [9.17, 15) is 0 Å². The molecule has 0 spiro atoms. The number of rotatable bonds is 2. The van der Waals surface area contributed by atoms with Crippen molar-refractivity contribution < 1.29 is 0 Å². The van der Waals surface area contributed by atoms with E-state index >= 15 is 0 Å². The van der Waals surface area contributed by atoms with Crippen molar-refractivity contribution >= 4 is 6.08 Å². The molecule has 0 unspecified atom stereocenters. The maximum absolute atomic E-state index is 2.18. The minimum Gasteiger partial charge on any atom is -0.0871 e. The quantitative estimate of drug-likeness (QED) is 0.600. The highest BCUT2D eigenvalue weighted by molar-refractivity contribution is 5.49. The highest BCUT2D eigenvalue weighted by Gasteiger charge is 1.87. The van der Waals surface area contributed by atoms with Crippen LogP contribution in [0.1, 0.15) is 25.0 Å². The Morgan fingerprint density at radius 3 is 2.27 bits per heavy atom. The average molecular weight is 146 g/mol. The molecular formula is C11H14. The summed E-state index contributed by atoms with van der Waals surface area (Å²) in [5.41, 5.74) is 2.68. The van der Waals surface area contributed by atoms with Crippen LogP contribution < -0.4 is 0 Å². The number of benzene rings is 1. The second-order valence-corrected chi connectivity index (χ2v) is 2.60. The molecule has 11 heavy (non-hydrogen) atoms. The summed E-state index contributed by atoms with van der Waals surface area (Å²) < 4.78 is 0. The summed E-state index contributed by atoms with van der Waals surface area (Å²) in [6.07, 6.45) is 5.29. The Hall–Kier alpha value is -1.04. The van der Waals surface area contributed by atoms with Crippen LogP contribution in [0, 0.1) is 0 Å². The molecule has 0 aliphatic heterocycles. The van der Waals surface area contributed by atoms with Crippen LogP contribution in [-0.4, -0.2) is 0 Å². The van der Waals surface area contributed by atoms with Gasteiger partial charge in [0, 0.05) is 0 Å². The third kappa shape index (κ3) is 2.23. The molecule has 0 bridgehead atoms. The van der Waals surface area contributed by atoms with Crippen molar-refractivity contribution in [1.82, 2.24) is 0 Å². The molecule has 0 aliphatic rings. The van der Waals surface area contributed by atoms with Gasteiger partial charge in [0.15, 0.2) is 0 Å². The Morgan fingerprint density at radius 2 is 1.82 bits per heavy atom. The van der Waals surface area contributed by atoms with E-state index in [-0.39, 0.29) is 0 Å². The summed E-state index contributed by atoms with van der Waals surface area (Å²) >= 11 is 0. The molecule has 0 nitrogen and oxygen atoms in total. The van der Waals surface area contributed by atoms with Gasteiger partial charge in [0.1, 0.15) is 0 Å². The Morgan fingerprint density at radius 1 is 1.18 bits per heavy atom. The van der Waals surface area contributed by atoms with E-state index in [0.29, 0.717) is 0 Å². The first-order valence-electron chi connectivity index (χ1n) is 4.08. The number of allylic oxidation sites excluding steroid dienone is 1. The first kappa shape index (κ1) is 8.06. The normalized spacial score (nSPS) is 10.7. The molecule has 0 heterocycles. The van der Waals surface area contributed by atoms with Gasteiger partial charge in [0.05, 0.1) is 0 Å². The average Bonchev–Trinajstić information content (AvgIpc) is 2.07. The SMILES string of the molecule is C/C=C/c1ccc(CC)cc1. The molecule has 58 valence electrons. The predicted molar refractivity (Wildman–Crippen MR) is 50.5 cm³/mol. The molecule has 0 atom stereocenters. The molecule has 1 aromatic carbocycles. The van der Waals surface area contributed by atoms with Crippen molar-refractivity contribution in [3.05, 3.63) is 41.5 Å². The molecule has 0 saturated carbocycles. The molecule has 0 saturated heterocycles. The lowest BCUT2D eigenvalue weighted by atomic mass is 10.1. The van der Waals surface area contributed by atoms with E-state index in [0.717, 1.165) is 6.42 Å². The molecule has 1 rings (SSSR count). The van der Waals surface area contributed by atoms with Gasteiger partial charge in [0.25, 0.3) is 0 Å². The summed E-state index contributed by atoms with van der Waals surface area (Å²) in [5.74, 6) is 0. The van der Waals surface area contributed by atoms with Gasteiger partial charge in [-0.15, -0.1) is 0 Å². The van der Waals surface area contributed by atoms with Crippen molar-refractivity contribution in [1.29, 1.82) is 0 Å². The zero-order chi connectivity index (χ0) is 8.10. The van der Waals surface area contributed by atoms with E-state index < -0.39 is 0 Å². The van der Waals surface area contributed by atoms with Crippen molar-refractivity contribution in [3.63, 3.8) is 0 Å². The number of hydrogen-bond donors (Lipinski definition) is 0. The fraction of sp³-hybridized carbons (Fsp3) is 0.273. The van der Waals surface area contributed by atoms with Crippen LogP contribution >= 0.6 is 0 Å². The van der Waals surface area contributed by atoms with Crippen LogP contribution in [0.4, 0.5) is 0 Å². The maximum atomic E-state index is 2.18. The summed E-state index contributed by atoms with van der Waals surface area (Å²) in [7, 11) is 0. The summed E-state index contributed by atoms with van der Waals surface area (Å²) in [6.45, 7) is 4.21. The standard InChI is InChI=1S/C11H14/c1-3-5-11-8-6-10(4-2)7-9-11/h3,5-9H,4H2,1-2H3/b5-3+. The molecule has 0 aromatic heterocycles. The van der Waals surface area contributed by atoms with Gasteiger partial charge in [-0.1, -0.05) is 43.3 Å². The Labute approximate surface area is 68.6 Å². The zero-order valence-electron chi connectivity index (χ0n) is 7.17. The van der Waals surface area contributed by atoms with Crippen LogP contribution in [0.25, 0.3) is 6.08 Å². The van der Waals surface area contributed by atoms with Crippen molar-refractivity contribution in [2.75, 3.05) is 0 Å². The van der Waals surface area contributed by atoms with Crippen molar-refractivity contribution in [3.8, 4) is 0 Å². The van der Waals surface area contributed by atoms with Gasteiger partial charge in [0.2, 0.25) is 0 Å². The third-order valence-electron chi connectivity index (χ3n) is 1.75. The summed E-state index contributed by atoms with van der Waals surface area (Å²) in [6, 6.07) is 8.66. The fourth-order valence-corrected chi connectivity index (χ4v) is 1.06. The van der Waals surface area contributed by atoms with Gasteiger partial charge in [-0.05, 0) is 24.5 Å². The van der Waals surface area contributed by atoms with Gasteiger partial charge in [-0.3, -0.25) is 0 Å². The third-order valence-corrected chi connectivity index (χ3v) is 1.75. The van der Waals surface area contributed by atoms with Crippen molar-refractivity contribution in [2.45, 2.75) is 20.3 Å². The molecule has 0 aliphatic carbocycles. The van der Waals surface area contributed by atoms with Gasteiger partial charge in [-0.2, -0.15) is 0 Å². The monoisotopic (exact) mass is 146 g/mol. The fourth-order valence-electron chi connectivity index (χ4n) is 1.06. The summed E-state index contributed by atoms with van der Waals surface area (Å²) in [5, 5.41) is 0. The Balaban J connectivity index is 2.82. The van der Waals surface area contributed by atoms with E-state index in [1.165, 1.54) is 11.1 Å². The summed E-state index contributed by atoms with van der Waals surface area (Å²) in [4.78, 5) is 0. The molecule has 0 fully saturated rings. The van der Waals surface area contributed by atoms with Gasteiger partial charge < -0.3 is 0 Å². The van der Waals surface area contributed by atoms with Crippen LogP contribution in [0.2, 0.25) is 0 Å². The van der Waals surface area contributed by atoms with E-state index in [4.69, 9.17) is 0 Å². The molecule has 0 N–H and O–H groups in total. The topological polar surface area (TPSA) is 0 Å². The molecule has 0 radical (unpaired) electrons. The molecule has 0 amide bonds. The minimum absolute atomic E-state index is 1.12. The first-order chi connectivity index (χ1) is 5.36. The van der Waals surface area contributed by atoms with Gasteiger partial charge in [-0.25, -0.2) is 0 Å². The smallest absolute Gasteiger partial charge is 0.0260 e. The van der Waals surface area contributed by atoms with E-state index in [1.54, 1.807) is 0 Å². The number of aryl methyl sites for hydroxylation is 1. The maximum Gasteiger partial charge on any atom is -0.0260 e. The van der Waals surface area contributed by atoms with Crippen LogP contribution in [-0.2, 0) is 6.42 Å². The highest BCUT2D eigenvalue weighted by atomic mass is 13.9. The number of hydrogen-bond acceptors (Lipinski definition) is 0. The van der Waals surface area contributed by atoms with Crippen molar-refractivity contribution in [2.24, 2.45) is 0 Å². The van der Waals surface area contributed by atoms with Gasteiger partial charge >= 0.3 is 0 Å². The lowest BCUT2D eigenvalue weighted by Crippen LogP contribution is -1.78. The van der Waals surface area contributed by atoms with Crippen LogP contribution in [0.5, 0.6) is 0 Å². The Kier molecular flexibility index (Phi) is 2.91. The van der Waals surface area contributed by atoms with E-state index in [2.05, 4.69) is 43.3 Å². The second-order valence-electron chi connectivity index (χ2n) is 2.60. The molecule has 1 aromatic rings. The largest absolute Gasteiger partial charge is 0.0871 e. The van der Waals surface area contributed by atoms with Crippen LogP contribution in [0.3, 0.4) is 0 Å². The molecule has 0 heteroatoms. The predicted octanol–water partition coefficient (Wildman–Crippen LogP) is 3.28. The lowest BCUT2D eigenvalue weighted by Gasteiger charge is -1.95. The molecular weight excluding hydrogens is 132 g/mol. The first-order valence-corrected chi connectivity index (χ1v) is 4.08. The van der Waals surface area contributed by atoms with Crippen LogP contribution in [0.15, 0.2) is 30.3 Å². The Bertz CT molecular complexity index is 229.